The third kappa shape index (κ3) is 5.03. The van der Waals surface area contributed by atoms with Crippen LogP contribution in [0.15, 0.2) is 77.2 Å². The highest BCUT2D eigenvalue weighted by Crippen LogP contribution is 2.24. The fourth-order valence-electron chi connectivity index (χ4n) is 3.16. The van der Waals surface area contributed by atoms with Crippen molar-refractivity contribution in [2.45, 2.75) is 13.8 Å². The second-order valence-corrected chi connectivity index (χ2v) is 7.74. The minimum Gasteiger partial charge on any atom is -0.492 e. The summed E-state index contributed by atoms with van der Waals surface area (Å²) in [6.45, 7) is 4.97. The molecule has 4 rings (SSSR count). The monoisotopic (exact) mass is 427 g/mol. The van der Waals surface area contributed by atoms with E-state index in [1.54, 1.807) is 24.1 Å². The molecule has 1 aromatic heterocycles. The van der Waals surface area contributed by atoms with E-state index >= 15 is 0 Å². The SMILES string of the molecule is Cc1ccc(OCCN(C)C(=O)c2ccc(-c3nnc(-c4ccc(C)cc4)o3)cc2)cc1. The van der Waals surface area contributed by atoms with E-state index < -0.39 is 0 Å². The van der Waals surface area contributed by atoms with Crippen LogP contribution in [0.3, 0.4) is 0 Å². The molecule has 0 fully saturated rings. The first kappa shape index (κ1) is 21.3. The smallest absolute Gasteiger partial charge is 0.253 e. The number of aryl methyl sites for hydroxylation is 2. The number of benzene rings is 3. The third-order valence-electron chi connectivity index (χ3n) is 5.17. The van der Waals surface area contributed by atoms with Gasteiger partial charge >= 0.3 is 0 Å². The van der Waals surface area contributed by atoms with E-state index in [1.165, 1.54) is 11.1 Å². The Morgan fingerprint density at radius 3 is 1.88 bits per heavy atom. The first-order chi connectivity index (χ1) is 15.5. The van der Waals surface area contributed by atoms with E-state index in [4.69, 9.17) is 9.15 Å². The van der Waals surface area contributed by atoms with E-state index in [0.29, 0.717) is 30.5 Å². The molecule has 0 aliphatic carbocycles. The van der Waals surface area contributed by atoms with Crippen LogP contribution in [0.4, 0.5) is 0 Å². The summed E-state index contributed by atoms with van der Waals surface area (Å²) in [7, 11) is 1.76. The molecule has 0 saturated heterocycles. The molecule has 0 saturated carbocycles. The Morgan fingerprint density at radius 1 is 0.812 bits per heavy atom. The molecule has 1 heterocycles. The standard InChI is InChI=1S/C26H25N3O3/c1-18-4-8-20(9-5-18)24-27-28-25(32-24)21-10-12-22(13-11-21)26(30)29(3)16-17-31-23-14-6-19(2)7-15-23/h4-15H,16-17H2,1-3H3. The largest absolute Gasteiger partial charge is 0.492 e. The molecular formula is C26H25N3O3. The fourth-order valence-corrected chi connectivity index (χ4v) is 3.16. The van der Waals surface area contributed by atoms with Crippen molar-refractivity contribution in [3.63, 3.8) is 0 Å². The number of hydrogen-bond donors (Lipinski definition) is 0. The summed E-state index contributed by atoms with van der Waals surface area (Å²) in [5.74, 6) is 1.60. The van der Waals surface area contributed by atoms with Gasteiger partial charge in [-0.3, -0.25) is 4.79 Å². The summed E-state index contributed by atoms with van der Waals surface area (Å²) < 4.78 is 11.5. The van der Waals surface area contributed by atoms with E-state index in [-0.39, 0.29) is 5.91 Å². The first-order valence-corrected chi connectivity index (χ1v) is 10.5. The normalized spacial score (nSPS) is 10.7. The number of amides is 1. The van der Waals surface area contributed by atoms with E-state index in [0.717, 1.165) is 16.9 Å². The van der Waals surface area contributed by atoms with E-state index in [9.17, 15) is 4.79 Å². The van der Waals surface area contributed by atoms with Crippen LogP contribution >= 0.6 is 0 Å². The minimum atomic E-state index is -0.0741. The fraction of sp³-hybridized carbons (Fsp3) is 0.192. The van der Waals surface area contributed by atoms with Gasteiger partial charge in [0, 0.05) is 23.7 Å². The minimum absolute atomic E-state index is 0.0741. The van der Waals surface area contributed by atoms with Gasteiger partial charge in [-0.2, -0.15) is 0 Å². The highest BCUT2D eigenvalue weighted by atomic mass is 16.5. The molecule has 0 unspecified atom stereocenters. The van der Waals surface area contributed by atoms with Gasteiger partial charge in [0.2, 0.25) is 11.8 Å². The lowest BCUT2D eigenvalue weighted by Gasteiger charge is -2.17. The number of rotatable bonds is 7. The average Bonchev–Trinajstić information content (AvgIpc) is 3.31. The number of ether oxygens (including phenoxy) is 1. The second kappa shape index (κ2) is 9.47. The molecule has 0 radical (unpaired) electrons. The Labute approximate surface area is 187 Å². The Kier molecular flexibility index (Phi) is 6.31. The van der Waals surface area contributed by atoms with E-state index in [1.807, 2.05) is 74.5 Å². The summed E-state index contributed by atoms with van der Waals surface area (Å²) in [6.07, 6.45) is 0. The second-order valence-electron chi connectivity index (χ2n) is 7.74. The maximum Gasteiger partial charge on any atom is 0.253 e. The highest BCUT2D eigenvalue weighted by molar-refractivity contribution is 5.94. The maximum absolute atomic E-state index is 12.7. The molecule has 1 amide bonds. The maximum atomic E-state index is 12.7. The van der Waals surface area contributed by atoms with Gasteiger partial charge in [-0.15, -0.1) is 10.2 Å². The summed E-state index contributed by atoms with van der Waals surface area (Å²) in [4.78, 5) is 14.4. The van der Waals surface area contributed by atoms with Crippen molar-refractivity contribution in [1.29, 1.82) is 0 Å². The van der Waals surface area contributed by atoms with Gasteiger partial charge in [0.15, 0.2) is 0 Å². The molecule has 32 heavy (non-hydrogen) atoms. The number of likely N-dealkylation sites (N-methyl/N-ethyl adjacent to an activating group) is 1. The van der Waals surface area contributed by atoms with E-state index in [2.05, 4.69) is 10.2 Å². The van der Waals surface area contributed by atoms with Crippen molar-refractivity contribution in [2.75, 3.05) is 20.2 Å². The van der Waals surface area contributed by atoms with Crippen LogP contribution in [-0.2, 0) is 0 Å². The Balaban J connectivity index is 1.36. The van der Waals surface area contributed by atoms with Crippen LogP contribution in [0.5, 0.6) is 5.75 Å². The van der Waals surface area contributed by atoms with Crippen LogP contribution in [0, 0.1) is 13.8 Å². The van der Waals surface area contributed by atoms with Gasteiger partial charge in [0.1, 0.15) is 12.4 Å². The molecular weight excluding hydrogens is 402 g/mol. The molecule has 4 aromatic rings. The lowest BCUT2D eigenvalue weighted by molar-refractivity contribution is 0.0774. The van der Waals surface area contributed by atoms with Gasteiger partial charge in [-0.25, -0.2) is 0 Å². The lowest BCUT2D eigenvalue weighted by Crippen LogP contribution is -2.30. The predicted molar refractivity (Wildman–Crippen MR) is 124 cm³/mol. The van der Waals surface area contributed by atoms with Gasteiger partial charge < -0.3 is 14.1 Å². The summed E-state index contributed by atoms with van der Waals surface area (Å²) in [5, 5.41) is 8.28. The first-order valence-electron chi connectivity index (χ1n) is 10.5. The van der Waals surface area contributed by atoms with Crippen LogP contribution in [-0.4, -0.2) is 41.2 Å². The zero-order valence-electron chi connectivity index (χ0n) is 18.4. The van der Waals surface area contributed by atoms with Crippen molar-refractivity contribution in [3.8, 4) is 28.7 Å². The number of hydrogen-bond acceptors (Lipinski definition) is 5. The molecule has 0 aliphatic rings. The Hall–Kier alpha value is -3.93. The van der Waals surface area contributed by atoms with Crippen molar-refractivity contribution >= 4 is 5.91 Å². The molecule has 0 N–H and O–H groups in total. The summed E-state index contributed by atoms with van der Waals surface area (Å²) in [5.41, 5.74) is 4.57. The zero-order chi connectivity index (χ0) is 22.5. The van der Waals surface area contributed by atoms with Gasteiger partial charge in [-0.05, 0) is 62.4 Å². The lowest BCUT2D eigenvalue weighted by atomic mass is 10.1. The molecule has 0 bridgehead atoms. The third-order valence-corrected chi connectivity index (χ3v) is 5.17. The quantitative estimate of drug-likeness (QED) is 0.407. The van der Waals surface area contributed by atoms with Crippen molar-refractivity contribution < 1.29 is 13.9 Å². The molecule has 6 heteroatoms. The van der Waals surface area contributed by atoms with Crippen molar-refractivity contribution in [3.05, 3.63) is 89.5 Å². The van der Waals surface area contributed by atoms with Crippen molar-refractivity contribution in [2.24, 2.45) is 0 Å². The number of nitrogens with zero attached hydrogens (tertiary/aromatic N) is 3. The topological polar surface area (TPSA) is 68.5 Å². The average molecular weight is 428 g/mol. The molecule has 3 aromatic carbocycles. The number of carbonyl (C=O) groups is 1. The van der Waals surface area contributed by atoms with Gasteiger partial charge in [0.25, 0.3) is 5.91 Å². The predicted octanol–water partition coefficient (Wildman–Crippen LogP) is 5.17. The van der Waals surface area contributed by atoms with Crippen LogP contribution in [0.1, 0.15) is 21.5 Å². The Bertz CT molecular complexity index is 1180. The van der Waals surface area contributed by atoms with Gasteiger partial charge in [0.05, 0.1) is 6.54 Å². The summed E-state index contributed by atoms with van der Waals surface area (Å²) >= 11 is 0. The molecule has 0 aliphatic heterocycles. The number of aromatic nitrogens is 2. The number of carbonyl (C=O) groups excluding carboxylic acids is 1. The van der Waals surface area contributed by atoms with Crippen LogP contribution in [0.25, 0.3) is 22.9 Å². The molecule has 0 spiro atoms. The van der Waals surface area contributed by atoms with Crippen LogP contribution < -0.4 is 4.74 Å². The van der Waals surface area contributed by atoms with Crippen LogP contribution in [0.2, 0.25) is 0 Å². The molecule has 162 valence electrons. The molecule has 0 atom stereocenters. The summed E-state index contributed by atoms with van der Waals surface area (Å²) in [6, 6.07) is 22.9. The van der Waals surface area contributed by atoms with Gasteiger partial charge in [-0.1, -0.05) is 35.4 Å². The zero-order valence-corrected chi connectivity index (χ0v) is 18.4. The Morgan fingerprint density at radius 2 is 1.31 bits per heavy atom. The molecule has 6 nitrogen and oxygen atoms in total. The van der Waals surface area contributed by atoms with Crippen molar-refractivity contribution in [1.82, 2.24) is 15.1 Å². The highest BCUT2D eigenvalue weighted by Gasteiger charge is 2.14.